The second kappa shape index (κ2) is 6.21. The zero-order valence-corrected chi connectivity index (χ0v) is 12.6. The number of hydrogen-bond acceptors (Lipinski definition) is 8. The molecule has 2 N–H and O–H groups in total. The lowest BCUT2D eigenvalue weighted by molar-refractivity contribution is -0.384. The average Bonchev–Trinajstić information content (AvgIpc) is 3.03. The van der Waals surface area contributed by atoms with Crippen LogP contribution in [0.2, 0.25) is 0 Å². The number of ether oxygens (including phenoxy) is 1. The van der Waals surface area contributed by atoms with Crippen LogP contribution in [-0.2, 0) is 11.2 Å². The van der Waals surface area contributed by atoms with Crippen LogP contribution in [0.15, 0.2) is 22.7 Å². The maximum Gasteiger partial charge on any atom is 0.329 e. The summed E-state index contributed by atoms with van der Waals surface area (Å²) < 4.78 is 11.3. The summed E-state index contributed by atoms with van der Waals surface area (Å²) in [6.07, 6.45) is 1.93. The lowest BCUT2D eigenvalue weighted by Crippen LogP contribution is -2.40. The first-order valence-electron chi connectivity index (χ1n) is 7.30. The predicted octanol–water partition coefficient (Wildman–Crippen LogP) is 1.70. The Morgan fingerprint density at radius 2 is 2.35 bits per heavy atom. The first-order chi connectivity index (χ1) is 11.1. The van der Waals surface area contributed by atoms with E-state index in [1.165, 1.54) is 0 Å². The van der Waals surface area contributed by atoms with Gasteiger partial charge in [0.05, 0.1) is 18.1 Å². The van der Waals surface area contributed by atoms with Crippen molar-refractivity contribution in [2.75, 3.05) is 30.4 Å². The Morgan fingerprint density at radius 3 is 3.00 bits per heavy atom. The molecular weight excluding hydrogens is 302 g/mol. The van der Waals surface area contributed by atoms with E-state index in [1.807, 2.05) is 24.0 Å². The van der Waals surface area contributed by atoms with E-state index in [2.05, 4.69) is 9.97 Å². The number of anilines is 2. The van der Waals surface area contributed by atoms with E-state index in [0.29, 0.717) is 25.7 Å². The molecule has 0 saturated carbocycles. The number of aryl methyl sites for hydroxylation is 1. The quantitative estimate of drug-likeness (QED) is 0.667. The fourth-order valence-corrected chi connectivity index (χ4v) is 2.50. The van der Waals surface area contributed by atoms with Gasteiger partial charge in [0.15, 0.2) is 0 Å². The highest BCUT2D eigenvalue weighted by molar-refractivity contribution is 5.54. The summed E-state index contributed by atoms with van der Waals surface area (Å²) in [6.45, 7) is 3.50. The van der Waals surface area contributed by atoms with Gasteiger partial charge in [-0.05, 0) is 12.1 Å². The molecule has 0 aliphatic carbocycles. The summed E-state index contributed by atoms with van der Waals surface area (Å²) in [5.74, 6) is 1.81. The van der Waals surface area contributed by atoms with Crippen molar-refractivity contribution >= 4 is 17.5 Å². The van der Waals surface area contributed by atoms with E-state index in [1.54, 1.807) is 0 Å². The van der Waals surface area contributed by atoms with Crippen LogP contribution in [0.5, 0.6) is 0 Å². The first kappa shape index (κ1) is 15.2. The van der Waals surface area contributed by atoms with Gasteiger partial charge in [0.25, 0.3) is 0 Å². The van der Waals surface area contributed by atoms with Crippen LogP contribution < -0.4 is 10.6 Å². The highest BCUT2D eigenvalue weighted by atomic mass is 16.6. The van der Waals surface area contributed by atoms with Crippen LogP contribution in [-0.4, -0.2) is 34.6 Å². The molecule has 0 radical (unpaired) electrons. The standard InChI is InChI=1S/C14H17N5O4/c1-2-9-3-4-12(23-9)11-8-22-6-5-18(11)14-16-7-10(19(20)21)13(15)17-14/h3-4,7,11H,2,5-6,8H2,1H3,(H2,15,16,17). The number of nitrogens with zero attached hydrogens (tertiary/aromatic N) is 4. The van der Waals surface area contributed by atoms with Gasteiger partial charge in [-0.3, -0.25) is 10.1 Å². The number of rotatable bonds is 4. The maximum absolute atomic E-state index is 10.8. The molecule has 9 heteroatoms. The zero-order chi connectivity index (χ0) is 16.4. The van der Waals surface area contributed by atoms with E-state index in [4.69, 9.17) is 14.9 Å². The molecule has 23 heavy (non-hydrogen) atoms. The Kier molecular flexibility index (Phi) is 4.11. The molecule has 2 aromatic heterocycles. The lowest BCUT2D eigenvalue weighted by atomic mass is 10.2. The Bertz CT molecular complexity index is 717. The van der Waals surface area contributed by atoms with E-state index in [0.717, 1.165) is 24.1 Å². The van der Waals surface area contributed by atoms with Crippen molar-refractivity contribution in [1.82, 2.24) is 9.97 Å². The normalized spacial score (nSPS) is 18.1. The molecule has 1 fully saturated rings. The van der Waals surface area contributed by atoms with Crippen LogP contribution in [0.25, 0.3) is 0 Å². The van der Waals surface area contributed by atoms with Crippen LogP contribution >= 0.6 is 0 Å². The molecular formula is C14H17N5O4. The minimum absolute atomic E-state index is 0.154. The zero-order valence-electron chi connectivity index (χ0n) is 12.6. The first-order valence-corrected chi connectivity index (χ1v) is 7.30. The van der Waals surface area contributed by atoms with Crippen molar-refractivity contribution in [3.05, 3.63) is 40.0 Å². The molecule has 3 heterocycles. The molecule has 3 rings (SSSR count). The van der Waals surface area contributed by atoms with Gasteiger partial charge in [-0.2, -0.15) is 4.98 Å². The lowest BCUT2D eigenvalue weighted by Gasteiger charge is -2.34. The molecule has 1 unspecified atom stereocenters. The summed E-state index contributed by atoms with van der Waals surface area (Å²) in [5, 5.41) is 10.8. The highest BCUT2D eigenvalue weighted by Gasteiger charge is 2.30. The number of aromatic nitrogens is 2. The minimum atomic E-state index is -0.601. The van der Waals surface area contributed by atoms with Crippen LogP contribution in [0.1, 0.15) is 24.5 Å². The second-order valence-corrected chi connectivity index (χ2v) is 5.14. The van der Waals surface area contributed by atoms with E-state index in [-0.39, 0.29) is 17.5 Å². The van der Waals surface area contributed by atoms with Crippen LogP contribution in [0.4, 0.5) is 17.5 Å². The van der Waals surface area contributed by atoms with Gasteiger partial charge in [-0.1, -0.05) is 6.92 Å². The summed E-state index contributed by atoms with van der Waals surface area (Å²) in [5.41, 5.74) is 5.36. The van der Waals surface area contributed by atoms with Gasteiger partial charge in [0.1, 0.15) is 23.8 Å². The predicted molar refractivity (Wildman–Crippen MR) is 82.1 cm³/mol. The fraction of sp³-hybridized carbons (Fsp3) is 0.429. The summed E-state index contributed by atoms with van der Waals surface area (Å²) in [4.78, 5) is 20.3. The topological polar surface area (TPSA) is 121 Å². The van der Waals surface area contributed by atoms with E-state index >= 15 is 0 Å². The fourth-order valence-electron chi connectivity index (χ4n) is 2.50. The molecule has 122 valence electrons. The van der Waals surface area contributed by atoms with Gasteiger partial charge in [0, 0.05) is 13.0 Å². The van der Waals surface area contributed by atoms with Crippen molar-refractivity contribution in [3.63, 3.8) is 0 Å². The van der Waals surface area contributed by atoms with E-state index < -0.39 is 4.92 Å². The Hall–Kier alpha value is -2.68. The molecule has 9 nitrogen and oxygen atoms in total. The summed E-state index contributed by atoms with van der Waals surface area (Å²) in [7, 11) is 0. The van der Waals surface area contributed by atoms with Crippen LogP contribution in [0, 0.1) is 10.1 Å². The van der Waals surface area contributed by atoms with Crippen molar-refractivity contribution in [2.24, 2.45) is 0 Å². The van der Waals surface area contributed by atoms with Crippen LogP contribution in [0.3, 0.4) is 0 Å². The van der Waals surface area contributed by atoms with Crippen molar-refractivity contribution in [1.29, 1.82) is 0 Å². The molecule has 1 atom stereocenters. The molecule has 0 amide bonds. The summed E-state index contributed by atoms with van der Waals surface area (Å²) in [6, 6.07) is 3.64. The van der Waals surface area contributed by atoms with Gasteiger partial charge in [-0.15, -0.1) is 0 Å². The number of furan rings is 1. The largest absolute Gasteiger partial charge is 0.464 e. The number of nitrogen functional groups attached to an aromatic ring is 1. The Balaban J connectivity index is 1.92. The second-order valence-electron chi connectivity index (χ2n) is 5.14. The number of nitrogens with two attached hydrogens (primary N) is 1. The molecule has 1 aliphatic heterocycles. The minimum Gasteiger partial charge on any atom is -0.464 e. The number of morpholine rings is 1. The van der Waals surface area contributed by atoms with Gasteiger partial charge >= 0.3 is 5.69 Å². The Labute approximate surface area is 132 Å². The molecule has 0 spiro atoms. The Morgan fingerprint density at radius 1 is 1.52 bits per heavy atom. The molecule has 1 saturated heterocycles. The van der Waals surface area contributed by atoms with Gasteiger partial charge in [0.2, 0.25) is 11.8 Å². The molecule has 0 bridgehead atoms. The van der Waals surface area contributed by atoms with Gasteiger partial charge < -0.3 is 19.8 Å². The van der Waals surface area contributed by atoms with E-state index in [9.17, 15) is 10.1 Å². The summed E-state index contributed by atoms with van der Waals surface area (Å²) >= 11 is 0. The average molecular weight is 319 g/mol. The highest BCUT2D eigenvalue weighted by Crippen LogP contribution is 2.30. The number of nitro groups is 1. The van der Waals surface area contributed by atoms with Crippen molar-refractivity contribution < 1.29 is 14.1 Å². The SMILES string of the molecule is CCc1ccc(C2COCCN2c2ncc([N+](=O)[O-])c(N)n2)o1. The van der Waals surface area contributed by atoms with Gasteiger partial charge in [-0.25, -0.2) is 4.98 Å². The third kappa shape index (κ3) is 2.95. The van der Waals surface area contributed by atoms with Crippen molar-refractivity contribution in [2.45, 2.75) is 19.4 Å². The molecule has 0 aromatic carbocycles. The maximum atomic E-state index is 10.8. The third-order valence-corrected chi connectivity index (χ3v) is 3.73. The third-order valence-electron chi connectivity index (χ3n) is 3.73. The molecule has 2 aromatic rings. The van der Waals surface area contributed by atoms with Crippen molar-refractivity contribution in [3.8, 4) is 0 Å². The number of hydrogen-bond donors (Lipinski definition) is 1. The monoisotopic (exact) mass is 319 g/mol. The smallest absolute Gasteiger partial charge is 0.329 e. The molecule has 1 aliphatic rings.